The van der Waals surface area contributed by atoms with E-state index in [1.807, 2.05) is 25.1 Å². The highest BCUT2D eigenvalue weighted by atomic mass is 79.9. The summed E-state index contributed by atoms with van der Waals surface area (Å²) < 4.78 is 6.21. The van der Waals surface area contributed by atoms with Crippen molar-refractivity contribution in [2.24, 2.45) is 0 Å². The molecule has 1 saturated heterocycles. The van der Waals surface area contributed by atoms with Crippen molar-refractivity contribution in [1.29, 1.82) is 0 Å². The minimum Gasteiger partial charge on any atom is -0.496 e. The number of hydrogen-bond acceptors (Lipinski definition) is 3. The Morgan fingerprint density at radius 2 is 1.85 bits per heavy atom. The van der Waals surface area contributed by atoms with Gasteiger partial charge >= 0.3 is 11.8 Å². The highest BCUT2D eigenvalue weighted by Gasteiger charge is 2.31. The maximum atomic E-state index is 12.1. The molecule has 5 nitrogen and oxygen atoms in total. The summed E-state index contributed by atoms with van der Waals surface area (Å²) >= 11 is 3.40. The quantitative estimate of drug-likeness (QED) is 0.783. The lowest BCUT2D eigenvalue weighted by molar-refractivity contribution is -0.156. The van der Waals surface area contributed by atoms with Gasteiger partial charge in [0, 0.05) is 36.2 Å². The number of carbonyl (C=O) groups excluding carboxylic acids is 2. The second kappa shape index (κ2) is 6.26. The molecule has 1 aliphatic heterocycles. The number of benzene rings is 1. The molecule has 6 heteroatoms. The van der Waals surface area contributed by atoms with Crippen molar-refractivity contribution in [3.8, 4) is 5.75 Å². The number of ether oxygens (including phenoxy) is 1. The van der Waals surface area contributed by atoms with Crippen LogP contribution < -0.4 is 4.74 Å². The third kappa shape index (κ3) is 2.95. The van der Waals surface area contributed by atoms with Crippen LogP contribution in [0.4, 0.5) is 0 Å². The van der Waals surface area contributed by atoms with Gasteiger partial charge in [0.25, 0.3) is 0 Å². The molecule has 1 aromatic carbocycles. The van der Waals surface area contributed by atoms with Crippen molar-refractivity contribution in [2.45, 2.75) is 13.5 Å². The van der Waals surface area contributed by atoms with Crippen molar-refractivity contribution in [3.63, 3.8) is 0 Å². The predicted molar refractivity (Wildman–Crippen MR) is 78.4 cm³/mol. The molecule has 0 unspecified atom stereocenters. The van der Waals surface area contributed by atoms with Crippen molar-refractivity contribution in [1.82, 2.24) is 9.80 Å². The van der Waals surface area contributed by atoms with Crippen LogP contribution in [-0.2, 0) is 16.1 Å². The molecule has 0 aliphatic carbocycles. The Bertz CT molecular complexity index is 533. The lowest BCUT2D eigenvalue weighted by Gasteiger charge is -2.33. The lowest BCUT2D eigenvalue weighted by atomic mass is 10.1. The van der Waals surface area contributed by atoms with E-state index in [4.69, 9.17) is 4.74 Å². The first-order valence-corrected chi connectivity index (χ1v) is 7.26. The Kier molecular flexibility index (Phi) is 4.65. The number of piperazine rings is 1. The van der Waals surface area contributed by atoms with Gasteiger partial charge in [0.2, 0.25) is 0 Å². The van der Waals surface area contributed by atoms with Gasteiger partial charge in [-0.1, -0.05) is 15.9 Å². The minimum absolute atomic E-state index is 0.380. The summed E-state index contributed by atoms with van der Waals surface area (Å²) in [4.78, 5) is 27.1. The first kappa shape index (κ1) is 14.8. The molecule has 0 radical (unpaired) electrons. The molecule has 1 heterocycles. The number of methoxy groups -OCH3 is 1. The van der Waals surface area contributed by atoms with E-state index in [0.717, 1.165) is 10.0 Å². The fraction of sp³-hybridized carbons (Fsp3) is 0.429. The number of rotatable bonds is 4. The van der Waals surface area contributed by atoms with E-state index in [1.165, 1.54) is 0 Å². The van der Waals surface area contributed by atoms with Crippen molar-refractivity contribution in [3.05, 3.63) is 28.2 Å². The second-order valence-electron chi connectivity index (χ2n) is 4.57. The van der Waals surface area contributed by atoms with Crippen LogP contribution in [0.2, 0.25) is 0 Å². The number of halogens is 1. The molecule has 20 heavy (non-hydrogen) atoms. The van der Waals surface area contributed by atoms with Gasteiger partial charge in [-0.15, -0.1) is 0 Å². The highest BCUT2D eigenvalue weighted by Crippen LogP contribution is 2.25. The van der Waals surface area contributed by atoms with E-state index in [9.17, 15) is 9.59 Å². The van der Waals surface area contributed by atoms with E-state index in [2.05, 4.69) is 15.9 Å². The summed E-state index contributed by atoms with van der Waals surface area (Å²) in [5.41, 5.74) is 0.882. The van der Waals surface area contributed by atoms with Crippen LogP contribution in [0.1, 0.15) is 12.5 Å². The number of amides is 2. The number of likely N-dealkylation sites (N-methyl/N-ethyl adjacent to an activating group) is 1. The molecule has 2 amide bonds. The summed E-state index contributed by atoms with van der Waals surface area (Å²) in [5.74, 6) is -0.154. The molecular weight excluding hydrogens is 324 g/mol. The Hall–Kier alpha value is -1.56. The predicted octanol–water partition coefficient (Wildman–Crippen LogP) is 1.65. The smallest absolute Gasteiger partial charge is 0.312 e. The molecule has 0 spiro atoms. The zero-order valence-electron chi connectivity index (χ0n) is 11.6. The first-order chi connectivity index (χ1) is 9.56. The fourth-order valence-corrected chi connectivity index (χ4v) is 2.65. The third-order valence-corrected chi connectivity index (χ3v) is 3.88. The largest absolute Gasteiger partial charge is 0.496 e. The zero-order valence-corrected chi connectivity index (χ0v) is 13.1. The lowest BCUT2D eigenvalue weighted by Crippen LogP contribution is -2.53. The van der Waals surface area contributed by atoms with Gasteiger partial charge in [0.15, 0.2) is 0 Å². The number of carbonyl (C=O) groups is 2. The Balaban J connectivity index is 2.16. The van der Waals surface area contributed by atoms with E-state index >= 15 is 0 Å². The molecule has 0 aromatic heterocycles. The van der Waals surface area contributed by atoms with Gasteiger partial charge in [0.05, 0.1) is 7.11 Å². The van der Waals surface area contributed by atoms with Gasteiger partial charge in [-0.25, -0.2) is 0 Å². The summed E-state index contributed by atoms with van der Waals surface area (Å²) in [7, 11) is 1.59. The van der Waals surface area contributed by atoms with Gasteiger partial charge in [-0.05, 0) is 25.1 Å². The zero-order chi connectivity index (χ0) is 14.7. The van der Waals surface area contributed by atoms with E-state index < -0.39 is 11.8 Å². The highest BCUT2D eigenvalue weighted by molar-refractivity contribution is 9.10. The van der Waals surface area contributed by atoms with Gasteiger partial charge in [-0.2, -0.15) is 0 Å². The molecule has 0 N–H and O–H groups in total. The van der Waals surface area contributed by atoms with Crippen LogP contribution in [0.3, 0.4) is 0 Å². The van der Waals surface area contributed by atoms with Gasteiger partial charge < -0.3 is 14.5 Å². The van der Waals surface area contributed by atoms with Gasteiger partial charge in [0.1, 0.15) is 5.75 Å². The molecule has 1 fully saturated rings. The van der Waals surface area contributed by atoms with Crippen LogP contribution in [0.25, 0.3) is 0 Å². The second-order valence-corrected chi connectivity index (χ2v) is 5.48. The molecule has 2 rings (SSSR count). The maximum absolute atomic E-state index is 12.1. The first-order valence-electron chi connectivity index (χ1n) is 6.47. The van der Waals surface area contributed by atoms with Crippen molar-refractivity contribution >= 4 is 27.7 Å². The van der Waals surface area contributed by atoms with Crippen LogP contribution >= 0.6 is 15.9 Å². The number of hydrogen-bond donors (Lipinski definition) is 0. The maximum Gasteiger partial charge on any atom is 0.312 e. The van der Waals surface area contributed by atoms with Crippen LogP contribution in [0, 0.1) is 0 Å². The third-order valence-electron chi connectivity index (χ3n) is 3.38. The summed E-state index contributed by atoms with van der Waals surface area (Å²) in [6, 6.07) is 5.63. The van der Waals surface area contributed by atoms with Crippen molar-refractivity contribution < 1.29 is 14.3 Å². The minimum atomic E-state index is -0.444. The SMILES string of the molecule is CCN1CCN(Cc2cc(Br)ccc2OC)C(=O)C1=O. The molecule has 0 atom stereocenters. The average molecular weight is 341 g/mol. The van der Waals surface area contributed by atoms with Crippen LogP contribution in [-0.4, -0.2) is 48.4 Å². The average Bonchev–Trinajstić information content (AvgIpc) is 2.44. The summed E-state index contributed by atoms with van der Waals surface area (Å²) in [5, 5.41) is 0. The van der Waals surface area contributed by atoms with E-state index in [-0.39, 0.29) is 0 Å². The number of nitrogens with zero attached hydrogens (tertiary/aromatic N) is 2. The summed E-state index contributed by atoms with van der Waals surface area (Å²) in [6.45, 7) is 3.95. The molecule has 108 valence electrons. The van der Waals surface area contributed by atoms with Crippen LogP contribution in [0.5, 0.6) is 5.75 Å². The molecular formula is C14H17BrN2O3. The monoisotopic (exact) mass is 340 g/mol. The van der Waals surface area contributed by atoms with E-state index in [0.29, 0.717) is 31.9 Å². The Morgan fingerprint density at radius 1 is 1.20 bits per heavy atom. The normalized spacial score (nSPS) is 15.8. The van der Waals surface area contributed by atoms with Crippen LogP contribution in [0.15, 0.2) is 22.7 Å². The molecule has 0 saturated carbocycles. The molecule has 1 aromatic rings. The molecule has 0 bridgehead atoms. The fourth-order valence-electron chi connectivity index (χ4n) is 2.24. The van der Waals surface area contributed by atoms with E-state index in [1.54, 1.807) is 16.9 Å². The topological polar surface area (TPSA) is 49.9 Å². The van der Waals surface area contributed by atoms with Crippen molar-refractivity contribution in [2.75, 3.05) is 26.7 Å². The standard InChI is InChI=1S/C14H17BrN2O3/c1-3-16-6-7-17(14(19)13(16)18)9-10-8-11(15)4-5-12(10)20-2/h4-5,8H,3,6-7,9H2,1-2H3. The summed E-state index contributed by atoms with van der Waals surface area (Å²) in [6.07, 6.45) is 0. The Labute approximate surface area is 126 Å². The van der Waals surface area contributed by atoms with Gasteiger partial charge in [-0.3, -0.25) is 9.59 Å². The molecule has 1 aliphatic rings. The Morgan fingerprint density at radius 3 is 2.50 bits per heavy atom.